The Kier molecular flexibility index (Phi) is 7.56. The van der Waals surface area contributed by atoms with Gasteiger partial charge < -0.3 is 23.7 Å². The number of hydrogen-bond acceptors (Lipinski definition) is 5. The zero-order chi connectivity index (χ0) is 26.0. The number of rotatable bonds is 10. The zero-order valence-corrected chi connectivity index (χ0v) is 23.3. The molecule has 0 spiro atoms. The Morgan fingerprint density at radius 1 is 1.00 bits per heavy atom. The highest BCUT2D eigenvalue weighted by Crippen LogP contribution is 2.55. The lowest BCUT2D eigenvalue weighted by atomic mass is 9.63. The van der Waals surface area contributed by atoms with Gasteiger partial charge in [-0.15, -0.1) is 0 Å². The van der Waals surface area contributed by atoms with Crippen molar-refractivity contribution in [1.82, 2.24) is 0 Å². The molecule has 1 saturated carbocycles. The van der Waals surface area contributed by atoms with Crippen molar-refractivity contribution in [3.8, 4) is 17.2 Å². The van der Waals surface area contributed by atoms with Crippen LogP contribution in [-0.4, -0.2) is 39.2 Å². The number of hydrogen-bond donors (Lipinski definition) is 1. The summed E-state index contributed by atoms with van der Waals surface area (Å²) in [5.41, 5.74) is 0.971. The average Bonchev–Trinajstić information content (AvgIpc) is 2.82. The minimum absolute atomic E-state index is 0.0962. The Hall–Kier alpha value is -2.35. The van der Waals surface area contributed by atoms with Gasteiger partial charge in [-0.25, -0.2) is 4.79 Å². The van der Waals surface area contributed by atoms with E-state index < -0.39 is 14.3 Å². The van der Waals surface area contributed by atoms with Crippen LogP contribution in [0.2, 0.25) is 18.1 Å². The van der Waals surface area contributed by atoms with Gasteiger partial charge in [0.15, 0.2) is 0 Å². The highest BCUT2D eigenvalue weighted by molar-refractivity contribution is 6.74. The van der Waals surface area contributed by atoms with E-state index in [1.807, 2.05) is 36.4 Å². The maximum absolute atomic E-state index is 10.7. The molecule has 5 rings (SSSR count). The van der Waals surface area contributed by atoms with Crippen LogP contribution in [0.1, 0.15) is 58.4 Å². The largest absolute Gasteiger partial charge is 0.543 e. The first-order chi connectivity index (χ1) is 16.9. The standard InChI is InChI=1S/C29H40O6Si/c1-27(2,3)36(4,5)35-25-11-7-10-24(19-25)34-23-9-6-8-22(18-23)29-14-12-28(13-15-29,21-33-29)16-17-32-20-26(30)31/h6-11,18-19H,12-17,20-21H2,1-5H3,(H,30,31). The molecule has 3 aliphatic rings. The summed E-state index contributed by atoms with van der Waals surface area (Å²) in [6.45, 7) is 12.1. The van der Waals surface area contributed by atoms with Gasteiger partial charge in [-0.3, -0.25) is 0 Å². The van der Waals surface area contributed by atoms with Gasteiger partial charge in [0.05, 0.1) is 12.2 Å². The number of carboxylic acid groups (broad SMARTS) is 1. The molecule has 2 aliphatic heterocycles. The van der Waals surface area contributed by atoms with Crippen LogP contribution < -0.4 is 9.16 Å². The third-order valence-electron chi connectivity index (χ3n) is 8.36. The van der Waals surface area contributed by atoms with Gasteiger partial charge in [-0.05, 0) is 85.5 Å². The fraction of sp³-hybridized carbons (Fsp3) is 0.552. The first-order valence-electron chi connectivity index (χ1n) is 12.9. The van der Waals surface area contributed by atoms with E-state index >= 15 is 0 Å². The molecular weight excluding hydrogens is 472 g/mol. The second-order valence-electron chi connectivity index (χ2n) is 11.9. The fourth-order valence-electron chi connectivity index (χ4n) is 4.93. The molecule has 2 bridgehead atoms. The highest BCUT2D eigenvalue weighted by Gasteiger charge is 2.50. The van der Waals surface area contributed by atoms with Crippen molar-refractivity contribution in [2.75, 3.05) is 19.8 Å². The van der Waals surface area contributed by atoms with Crippen molar-refractivity contribution in [2.45, 2.75) is 76.6 Å². The zero-order valence-electron chi connectivity index (χ0n) is 22.3. The molecule has 0 amide bonds. The number of ether oxygens (including phenoxy) is 3. The molecule has 1 N–H and O–H groups in total. The van der Waals surface area contributed by atoms with Gasteiger partial charge in [-0.1, -0.05) is 39.0 Å². The van der Waals surface area contributed by atoms with Gasteiger partial charge in [0.1, 0.15) is 23.9 Å². The maximum atomic E-state index is 10.7. The summed E-state index contributed by atoms with van der Waals surface area (Å²) in [5, 5.41) is 8.90. The topological polar surface area (TPSA) is 74.2 Å². The molecule has 2 aromatic rings. The lowest BCUT2D eigenvalue weighted by Crippen LogP contribution is -2.49. The minimum atomic E-state index is -1.93. The smallest absolute Gasteiger partial charge is 0.329 e. The lowest BCUT2D eigenvalue weighted by Gasteiger charge is -2.53. The number of carbonyl (C=O) groups is 1. The Bertz CT molecular complexity index is 1050. The summed E-state index contributed by atoms with van der Waals surface area (Å²) < 4.78 is 24.5. The van der Waals surface area contributed by atoms with Crippen LogP contribution in [0.25, 0.3) is 0 Å². The van der Waals surface area contributed by atoms with Crippen LogP contribution >= 0.6 is 0 Å². The van der Waals surface area contributed by atoms with Crippen LogP contribution in [0, 0.1) is 5.41 Å². The molecule has 0 unspecified atom stereocenters. The third-order valence-corrected chi connectivity index (χ3v) is 12.7. The number of fused-ring (bicyclic) bond motifs is 3. The number of aliphatic carboxylic acids is 1. The molecule has 7 heteroatoms. The van der Waals surface area contributed by atoms with Crippen LogP contribution in [0.5, 0.6) is 17.2 Å². The van der Waals surface area contributed by atoms with E-state index in [0.29, 0.717) is 13.2 Å². The third kappa shape index (κ3) is 5.96. The predicted octanol–water partition coefficient (Wildman–Crippen LogP) is 7.14. The van der Waals surface area contributed by atoms with E-state index in [1.54, 1.807) is 0 Å². The van der Waals surface area contributed by atoms with Crippen LogP contribution in [-0.2, 0) is 19.9 Å². The SMILES string of the molecule is CC(C)(C)[Si](C)(C)Oc1cccc(Oc2cccc(C34CCC(CCOCC(=O)O)(CC3)CO4)c2)c1. The minimum Gasteiger partial charge on any atom is -0.543 e. The molecule has 0 aromatic heterocycles. The van der Waals surface area contributed by atoms with E-state index in [-0.39, 0.29) is 22.7 Å². The lowest BCUT2D eigenvalue weighted by molar-refractivity contribution is -0.194. The van der Waals surface area contributed by atoms with Crippen LogP contribution in [0.15, 0.2) is 48.5 Å². The molecule has 3 fully saturated rings. The summed E-state index contributed by atoms with van der Waals surface area (Å²) in [6.07, 6.45) is 4.85. The van der Waals surface area contributed by atoms with Crippen LogP contribution in [0.3, 0.4) is 0 Å². The van der Waals surface area contributed by atoms with E-state index in [0.717, 1.165) is 54.9 Å². The molecule has 196 valence electrons. The molecule has 1 aliphatic carbocycles. The quantitative estimate of drug-likeness (QED) is 0.269. The van der Waals surface area contributed by atoms with Gasteiger partial charge in [0.2, 0.25) is 8.32 Å². The molecule has 2 saturated heterocycles. The van der Waals surface area contributed by atoms with Crippen molar-refractivity contribution in [3.63, 3.8) is 0 Å². The Labute approximate surface area is 216 Å². The van der Waals surface area contributed by atoms with Gasteiger partial charge in [0, 0.05) is 12.7 Å². The Morgan fingerprint density at radius 3 is 2.25 bits per heavy atom. The van der Waals surface area contributed by atoms with Gasteiger partial charge >= 0.3 is 5.97 Å². The number of carboxylic acids is 1. The Morgan fingerprint density at radius 2 is 1.64 bits per heavy atom. The highest BCUT2D eigenvalue weighted by atomic mass is 28.4. The maximum Gasteiger partial charge on any atom is 0.329 e. The molecule has 6 nitrogen and oxygen atoms in total. The molecule has 0 radical (unpaired) electrons. The molecule has 2 aromatic carbocycles. The van der Waals surface area contributed by atoms with E-state index in [2.05, 4.69) is 46.0 Å². The summed E-state index contributed by atoms with van der Waals surface area (Å²) in [5.74, 6) is 1.47. The predicted molar refractivity (Wildman–Crippen MR) is 142 cm³/mol. The van der Waals surface area contributed by atoms with E-state index in [9.17, 15) is 4.79 Å². The monoisotopic (exact) mass is 512 g/mol. The van der Waals surface area contributed by atoms with E-state index in [1.165, 1.54) is 0 Å². The second-order valence-corrected chi connectivity index (χ2v) is 16.7. The first kappa shape index (κ1) is 26.7. The normalized spacial score (nSPS) is 23.9. The second kappa shape index (κ2) is 10.2. The number of benzene rings is 2. The van der Waals surface area contributed by atoms with Crippen LogP contribution in [0.4, 0.5) is 0 Å². The molecular formula is C29H40O6Si. The van der Waals surface area contributed by atoms with Gasteiger partial charge in [-0.2, -0.15) is 0 Å². The van der Waals surface area contributed by atoms with Crippen molar-refractivity contribution < 1.29 is 28.5 Å². The summed E-state index contributed by atoms with van der Waals surface area (Å²) in [6, 6.07) is 16.2. The Balaban J connectivity index is 1.41. The van der Waals surface area contributed by atoms with Gasteiger partial charge in [0.25, 0.3) is 0 Å². The molecule has 36 heavy (non-hydrogen) atoms. The van der Waals surface area contributed by atoms with Crippen molar-refractivity contribution >= 4 is 14.3 Å². The van der Waals surface area contributed by atoms with Crippen molar-refractivity contribution in [2.24, 2.45) is 5.41 Å². The summed E-state index contributed by atoms with van der Waals surface area (Å²) >= 11 is 0. The fourth-order valence-corrected chi connectivity index (χ4v) is 5.96. The summed E-state index contributed by atoms with van der Waals surface area (Å²) in [7, 11) is -1.93. The van der Waals surface area contributed by atoms with Crippen molar-refractivity contribution in [1.29, 1.82) is 0 Å². The molecule has 2 heterocycles. The summed E-state index contributed by atoms with van der Waals surface area (Å²) in [4.78, 5) is 10.7. The molecule has 0 atom stereocenters. The van der Waals surface area contributed by atoms with Crippen molar-refractivity contribution in [3.05, 3.63) is 54.1 Å². The first-order valence-corrected chi connectivity index (χ1v) is 15.8. The van der Waals surface area contributed by atoms with E-state index in [4.69, 9.17) is 23.7 Å². The average molecular weight is 513 g/mol.